The zero-order chi connectivity index (χ0) is 28.1. The van der Waals surface area contributed by atoms with Crippen LogP contribution in [-0.2, 0) is 30.4 Å². The van der Waals surface area contributed by atoms with Crippen molar-refractivity contribution in [3.63, 3.8) is 0 Å². The van der Waals surface area contributed by atoms with Crippen LogP contribution < -0.4 is 21.7 Å². The average Bonchev–Trinajstić information content (AvgIpc) is 2.84. The molecule has 0 saturated heterocycles. The lowest BCUT2D eigenvalue weighted by Crippen LogP contribution is -2.59. The van der Waals surface area contributed by atoms with Crippen molar-refractivity contribution in [2.75, 3.05) is 0 Å². The molecule has 11 nitrogen and oxygen atoms in total. The summed E-state index contributed by atoms with van der Waals surface area (Å²) < 4.78 is 0. The van der Waals surface area contributed by atoms with E-state index in [0.29, 0.717) is 6.42 Å². The highest BCUT2D eigenvalue weighted by Gasteiger charge is 2.32. The molecule has 0 aliphatic heterocycles. The summed E-state index contributed by atoms with van der Waals surface area (Å²) in [4.78, 5) is 61.5. The quantitative estimate of drug-likeness (QED) is 0.186. The molecular weight excluding hydrogens is 480 g/mol. The fourth-order valence-electron chi connectivity index (χ4n) is 3.66. The minimum atomic E-state index is -1.17. The summed E-state index contributed by atoms with van der Waals surface area (Å²) in [6.45, 7) is 7.26. The van der Waals surface area contributed by atoms with Gasteiger partial charge in [-0.25, -0.2) is 4.79 Å². The smallest absolute Gasteiger partial charge is 0.326 e. The Morgan fingerprint density at radius 2 is 1.46 bits per heavy atom. The predicted molar refractivity (Wildman–Crippen MR) is 137 cm³/mol. The van der Waals surface area contributed by atoms with Gasteiger partial charge in [0.15, 0.2) is 0 Å². The molecule has 5 atom stereocenters. The first-order valence-corrected chi connectivity index (χ1v) is 12.5. The summed E-state index contributed by atoms with van der Waals surface area (Å²) in [6, 6.07) is 4.55. The molecule has 1 aromatic carbocycles. The van der Waals surface area contributed by atoms with Gasteiger partial charge >= 0.3 is 11.9 Å². The van der Waals surface area contributed by atoms with Crippen LogP contribution in [0, 0.1) is 11.8 Å². The summed E-state index contributed by atoms with van der Waals surface area (Å²) in [6.07, 6.45) is 0.447. The Labute approximate surface area is 217 Å². The molecule has 37 heavy (non-hydrogen) atoms. The molecule has 0 spiro atoms. The first-order valence-electron chi connectivity index (χ1n) is 12.5. The van der Waals surface area contributed by atoms with Gasteiger partial charge in [-0.05, 0) is 30.2 Å². The molecule has 1 aromatic rings. The first kappa shape index (κ1) is 31.6. The maximum absolute atomic E-state index is 13.3. The Balaban J connectivity index is 3.12. The second-order valence-corrected chi connectivity index (χ2v) is 9.69. The predicted octanol–water partition coefficient (Wildman–Crippen LogP) is 1.05. The SMILES string of the molecule is CCC(C)C(NC(=O)C(N)CCC(=O)O)C(=O)NC(Cc1ccccc1)C(=O)NC(CC(C)C)C(=O)O. The van der Waals surface area contributed by atoms with Crippen LogP contribution in [0.2, 0.25) is 0 Å². The Morgan fingerprint density at radius 1 is 0.865 bits per heavy atom. The fourth-order valence-corrected chi connectivity index (χ4v) is 3.66. The third kappa shape index (κ3) is 11.4. The average molecular weight is 521 g/mol. The number of hydrogen-bond donors (Lipinski definition) is 6. The highest BCUT2D eigenvalue weighted by atomic mass is 16.4. The Morgan fingerprint density at radius 3 is 1.97 bits per heavy atom. The van der Waals surface area contributed by atoms with E-state index in [1.165, 1.54) is 0 Å². The molecule has 0 radical (unpaired) electrons. The maximum Gasteiger partial charge on any atom is 0.326 e. The number of carboxylic acid groups (broad SMARTS) is 2. The van der Waals surface area contributed by atoms with Crippen molar-refractivity contribution in [3.8, 4) is 0 Å². The van der Waals surface area contributed by atoms with Gasteiger partial charge in [0.1, 0.15) is 18.1 Å². The second kappa shape index (κ2) is 15.6. The van der Waals surface area contributed by atoms with E-state index >= 15 is 0 Å². The van der Waals surface area contributed by atoms with Crippen molar-refractivity contribution >= 4 is 29.7 Å². The summed E-state index contributed by atoms with van der Waals surface area (Å²) in [5.74, 6) is -4.54. The van der Waals surface area contributed by atoms with Gasteiger partial charge in [0.25, 0.3) is 0 Å². The van der Waals surface area contributed by atoms with Crippen LogP contribution in [0.15, 0.2) is 30.3 Å². The third-order valence-electron chi connectivity index (χ3n) is 6.04. The molecule has 3 amide bonds. The van der Waals surface area contributed by atoms with E-state index in [9.17, 15) is 29.1 Å². The van der Waals surface area contributed by atoms with E-state index in [0.717, 1.165) is 5.56 Å². The van der Waals surface area contributed by atoms with Crippen molar-refractivity contribution in [2.24, 2.45) is 17.6 Å². The van der Waals surface area contributed by atoms with Gasteiger partial charge < -0.3 is 31.9 Å². The van der Waals surface area contributed by atoms with Crippen molar-refractivity contribution in [2.45, 2.75) is 84.0 Å². The molecular formula is C26H40N4O7. The number of hydrogen-bond acceptors (Lipinski definition) is 6. The van der Waals surface area contributed by atoms with Gasteiger partial charge in [-0.1, -0.05) is 64.4 Å². The van der Waals surface area contributed by atoms with Crippen LogP contribution in [-0.4, -0.2) is 64.0 Å². The highest BCUT2D eigenvalue weighted by molar-refractivity contribution is 5.94. The van der Waals surface area contributed by atoms with Crippen LogP contribution in [0.3, 0.4) is 0 Å². The topological polar surface area (TPSA) is 188 Å². The number of nitrogens with one attached hydrogen (secondary N) is 3. The van der Waals surface area contributed by atoms with Crippen molar-refractivity contribution in [1.29, 1.82) is 0 Å². The zero-order valence-corrected chi connectivity index (χ0v) is 21.9. The number of benzene rings is 1. The summed E-state index contributed by atoms with van der Waals surface area (Å²) >= 11 is 0. The molecule has 7 N–H and O–H groups in total. The van der Waals surface area contributed by atoms with Crippen LogP contribution in [0.25, 0.3) is 0 Å². The van der Waals surface area contributed by atoms with Crippen molar-refractivity contribution in [1.82, 2.24) is 16.0 Å². The molecule has 0 bridgehead atoms. The van der Waals surface area contributed by atoms with E-state index in [2.05, 4.69) is 16.0 Å². The van der Waals surface area contributed by atoms with E-state index in [1.54, 1.807) is 31.2 Å². The van der Waals surface area contributed by atoms with Gasteiger partial charge in [-0.3, -0.25) is 19.2 Å². The van der Waals surface area contributed by atoms with Crippen LogP contribution in [0.5, 0.6) is 0 Å². The summed E-state index contributed by atoms with van der Waals surface area (Å²) in [7, 11) is 0. The lowest BCUT2D eigenvalue weighted by Gasteiger charge is -2.28. The number of nitrogens with two attached hydrogens (primary N) is 1. The standard InChI is InChI=1S/C26H40N4O7/c1-5-16(4)22(30-23(33)18(27)11-12-21(31)32)25(35)28-19(14-17-9-7-6-8-10-17)24(34)29-20(26(36)37)13-15(2)3/h6-10,15-16,18-20,22H,5,11-14,27H2,1-4H3,(H,28,35)(H,29,34)(H,30,33)(H,31,32)(H,36,37). The van der Waals surface area contributed by atoms with Crippen molar-refractivity contribution < 1.29 is 34.2 Å². The van der Waals surface area contributed by atoms with Crippen molar-refractivity contribution in [3.05, 3.63) is 35.9 Å². The van der Waals surface area contributed by atoms with Gasteiger partial charge in [0.2, 0.25) is 17.7 Å². The largest absolute Gasteiger partial charge is 0.481 e. The number of amides is 3. The Hall–Kier alpha value is -3.47. The van der Waals surface area contributed by atoms with Gasteiger partial charge in [-0.15, -0.1) is 0 Å². The number of carbonyl (C=O) groups is 5. The van der Waals surface area contributed by atoms with Crippen LogP contribution in [0.4, 0.5) is 0 Å². The molecule has 0 aromatic heterocycles. The summed E-state index contributed by atoms with van der Waals surface area (Å²) in [5.41, 5.74) is 6.55. The zero-order valence-electron chi connectivity index (χ0n) is 21.9. The number of carbonyl (C=O) groups excluding carboxylic acids is 3. The Bertz CT molecular complexity index is 923. The maximum atomic E-state index is 13.3. The fraction of sp³-hybridized carbons (Fsp3) is 0.577. The Kier molecular flexibility index (Phi) is 13.3. The number of carboxylic acids is 2. The second-order valence-electron chi connectivity index (χ2n) is 9.69. The van der Waals surface area contributed by atoms with E-state index in [1.807, 2.05) is 26.8 Å². The molecule has 206 valence electrons. The first-order chi connectivity index (χ1) is 17.3. The molecule has 0 saturated carbocycles. The lowest BCUT2D eigenvalue weighted by atomic mass is 9.96. The molecule has 0 heterocycles. The highest BCUT2D eigenvalue weighted by Crippen LogP contribution is 2.12. The minimum absolute atomic E-state index is 0.0129. The van der Waals surface area contributed by atoms with E-state index in [4.69, 9.17) is 10.8 Å². The number of rotatable bonds is 16. The molecule has 0 fully saturated rings. The van der Waals surface area contributed by atoms with E-state index < -0.39 is 53.8 Å². The van der Waals surface area contributed by atoms with Gasteiger partial charge in [0, 0.05) is 12.8 Å². The van der Waals surface area contributed by atoms with Crippen LogP contribution in [0.1, 0.15) is 58.9 Å². The molecule has 11 heteroatoms. The minimum Gasteiger partial charge on any atom is -0.481 e. The summed E-state index contributed by atoms with van der Waals surface area (Å²) in [5, 5.41) is 26.2. The molecule has 1 rings (SSSR count). The van der Waals surface area contributed by atoms with E-state index in [-0.39, 0.29) is 37.5 Å². The monoisotopic (exact) mass is 520 g/mol. The normalized spacial score (nSPS) is 15.1. The molecule has 0 aliphatic rings. The molecule has 5 unspecified atom stereocenters. The lowest BCUT2D eigenvalue weighted by molar-refractivity contribution is -0.143. The third-order valence-corrected chi connectivity index (χ3v) is 6.04. The van der Waals surface area contributed by atoms with Gasteiger partial charge in [0.05, 0.1) is 6.04 Å². The molecule has 0 aliphatic carbocycles. The number of aliphatic carboxylic acids is 2. The van der Waals surface area contributed by atoms with Gasteiger partial charge in [-0.2, -0.15) is 0 Å². The van der Waals surface area contributed by atoms with Crippen LogP contribution >= 0.6 is 0 Å².